The first kappa shape index (κ1) is 13.8. The van der Waals surface area contributed by atoms with Crippen molar-refractivity contribution < 1.29 is 75.4 Å². The Hall–Kier alpha value is 2.29. The predicted octanol–water partition coefficient (Wildman–Crippen LogP) is -6.47. The van der Waals surface area contributed by atoms with Crippen molar-refractivity contribution >= 4 is 0 Å². The molecule has 1 aliphatic rings. The molecular weight excluding hydrogens is 254 g/mol. The SMILES string of the molecule is CN1CCNCC1.[I-].[K+]. The fourth-order valence-corrected chi connectivity index (χ4v) is 0.777. The molecule has 0 radical (unpaired) electrons. The first-order valence-corrected chi connectivity index (χ1v) is 2.79. The number of piperazine rings is 1. The number of hydrogen-bond acceptors (Lipinski definition) is 2. The van der Waals surface area contributed by atoms with E-state index in [4.69, 9.17) is 0 Å². The molecule has 0 aromatic carbocycles. The van der Waals surface area contributed by atoms with Crippen molar-refractivity contribution in [2.45, 2.75) is 0 Å². The van der Waals surface area contributed by atoms with E-state index in [9.17, 15) is 0 Å². The van der Waals surface area contributed by atoms with Gasteiger partial charge in [0.25, 0.3) is 0 Å². The van der Waals surface area contributed by atoms with Gasteiger partial charge in [0, 0.05) is 26.2 Å². The molecule has 1 saturated heterocycles. The van der Waals surface area contributed by atoms with Crippen molar-refractivity contribution in [3.63, 3.8) is 0 Å². The first-order valence-electron chi connectivity index (χ1n) is 2.79. The van der Waals surface area contributed by atoms with E-state index in [1.807, 2.05) is 0 Å². The van der Waals surface area contributed by atoms with Gasteiger partial charge in [-0.05, 0) is 7.05 Å². The van der Waals surface area contributed by atoms with Crippen LogP contribution >= 0.6 is 0 Å². The summed E-state index contributed by atoms with van der Waals surface area (Å²) in [7, 11) is 2.15. The molecule has 50 valence electrons. The van der Waals surface area contributed by atoms with Gasteiger partial charge in [-0.3, -0.25) is 0 Å². The van der Waals surface area contributed by atoms with Crippen LogP contribution in [0.2, 0.25) is 0 Å². The van der Waals surface area contributed by atoms with Gasteiger partial charge in [-0.2, -0.15) is 0 Å². The van der Waals surface area contributed by atoms with Crippen molar-refractivity contribution in [2.75, 3.05) is 33.2 Å². The molecule has 1 aliphatic heterocycles. The quantitative estimate of drug-likeness (QED) is 0.346. The van der Waals surface area contributed by atoms with E-state index in [2.05, 4.69) is 17.3 Å². The second kappa shape index (κ2) is 8.38. The maximum absolute atomic E-state index is 3.27. The maximum Gasteiger partial charge on any atom is 1.00 e. The zero-order chi connectivity index (χ0) is 5.11. The Morgan fingerprint density at radius 1 is 1.22 bits per heavy atom. The van der Waals surface area contributed by atoms with E-state index in [1.165, 1.54) is 13.1 Å². The Kier molecular flexibility index (Phi) is 12.9. The molecule has 0 spiro atoms. The standard InChI is InChI=1S/C5H12N2.HI.K/c1-7-4-2-6-3-5-7;;/h6H,2-5H2,1H3;1H;/q;;+1/p-1. The number of rotatable bonds is 0. The fourth-order valence-electron chi connectivity index (χ4n) is 0.777. The smallest absolute Gasteiger partial charge is 1.00 e. The molecule has 4 heteroatoms. The molecule has 0 aromatic heterocycles. The summed E-state index contributed by atoms with van der Waals surface area (Å²) in [5.41, 5.74) is 0. The molecule has 0 saturated carbocycles. The van der Waals surface area contributed by atoms with E-state index in [1.54, 1.807) is 0 Å². The number of nitrogens with one attached hydrogen (secondary N) is 1. The second-order valence-corrected chi connectivity index (χ2v) is 2.05. The normalized spacial score (nSPS) is 19.7. The van der Waals surface area contributed by atoms with Crippen LogP contribution in [-0.2, 0) is 0 Å². The van der Waals surface area contributed by atoms with Gasteiger partial charge >= 0.3 is 51.4 Å². The Morgan fingerprint density at radius 2 is 1.67 bits per heavy atom. The Labute approximate surface area is 117 Å². The Morgan fingerprint density at radius 3 is 1.89 bits per heavy atom. The molecule has 0 aliphatic carbocycles. The van der Waals surface area contributed by atoms with Crippen LogP contribution in [0.5, 0.6) is 0 Å². The fraction of sp³-hybridized carbons (Fsp3) is 1.00. The average molecular weight is 266 g/mol. The zero-order valence-corrected chi connectivity index (χ0v) is 11.4. The first-order chi connectivity index (χ1) is 3.39. The van der Waals surface area contributed by atoms with Crippen LogP contribution in [0, 0.1) is 0 Å². The Balaban J connectivity index is 0. The van der Waals surface area contributed by atoms with Crippen LogP contribution in [0.4, 0.5) is 0 Å². The Bertz CT molecular complexity index is 56.9. The van der Waals surface area contributed by atoms with E-state index in [0.717, 1.165) is 13.1 Å². The van der Waals surface area contributed by atoms with Crippen LogP contribution in [0.3, 0.4) is 0 Å². The van der Waals surface area contributed by atoms with Crippen molar-refractivity contribution in [1.29, 1.82) is 0 Å². The molecule has 9 heavy (non-hydrogen) atoms. The molecule has 0 unspecified atom stereocenters. The molecule has 0 atom stereocenters. The largest absolute Gasteiger partial charge is 1.00 e. The minimum absolute atomic E-state index is 0. The molecule has 1 heterocycles. The topological polar surface area (TPSA) is 15.3 Å². The third-order valence-corrected chi connectivity index (χ3v) is 1.34. The summed E-state index contributed by atoms with van der Waals surface area (Å²) in [5.74, 6) is 0. The van der Waals surface area contributed by atoms with Crippen LogP contribution in [0.25, 0.3) is 0 Å². The van der Waals surface area contributed by atoms with E-state index >= 15 is 0 Å². The van der Waals surface area contributed by atoms with Gasteiger partial charge in [-0.15, -0.1) is 0 Å². The summed E-state index contributed by atoms with van der Waals surface area (Å²) >= 11 is 0. The molecule has 1 N–H and O–H groups in total. The van der Waals surface area contributed by atoms with Gasteiger partial charge in [0.05, 0.1) is 0 Å². The van der Waals surface area contributed by atoms with Crippen molar-refractivity contribution in [2.24, 2.45) is 0 Å². The predicted molar refractivity (Wildman–Crippen MR) is 30.4 cm³/mol. The van der Waals surface area contributed by atoms with E-state index in [0.29, 0.717) is 0 Å². The summed E-state index contributed by atoms with van der Waals surface area (Å²) in [6.45, 7) is 4.74. The van der Waals surface area contributed by atoms with Gasteiger partial charge in [0.1, 0.15) is 0 Å². The molecule has 2 nitrogen and oxygen atoms in total. The minimum Gasteiger partial charge on any atom is -1.00 e. The van der Waals surface area contributed by atoms with Crippen molar-refractivity contribution in [3.05, 3.63) is 0 Å². The molecule has 0 amide bonds. The molecule has 1 rings (SSSR count). The molecule has 1 fully saturated rings. The summed E-state index contributed by atoms with van der Waals surface area (Å²) < 4.78 is 0. The van der Waals surface area contributed by atoms with Crippen LogP contribution < -0.4 is 80.7 Å². The summed E-state index contributed by atoms with van der Waals surface area (Å²) in [5, 5.41) is 3.27. The molecule has 0 bridgehead atoms. The second-order valence-electron chi connectivity index (χ2n) is 2.05. The van der Waals surface area contributed by atoms with E-state index < -0.39 is 0 Å². The van der Waals surface area contributed by atoms with E-state index in [-0.39, 0.29) is 75.4 Å². The molecule has 0 aromatic rings. The number of nitrogens with zero attached hydrogens (tertiary/aromatic N) is 1. The van der Waals surface area contributed by atoms with Crippen LogP contribution in [0.15, 0.2) is 0 Å². The van der Waals surface area contributed by atoms with Gasteiger partial charge < -0.3 is 34.2 Å². The monoisotopic (exact) mass is 266 g/mol. The average Bonchev–Trinajstić information content (AvgIpc) is 1.69. The number of halogens is 1. The third-order valence-electron chi connectivity index (χ3n) is 1.34. The summed E-state index contributed by atoms with van der Waals surface area (Å²) in [6, 6.07) is 0. The van der Waals surface area contributed by atoms with Crippen molar-refractivity contribution in [3.8, 4) is 0 Å². The van der Waals surface area contributed by atoms with Gasteiger partial charge in [0.2, 0.25) is 0 Å². The van der Waals surface area contributed by atoms with Crippen LogP contribution in [0.1, 0.15) is 0 Å². The zero-order valence-electron chi connectivity index (χ0n) is 6.15. The number of hydrogen-bond donors (Lipinski definition) is 1. The maximum atomic E-state index is 3.27. The summed E-state index contributed by atoms with van der Waals surface area (Å²) in [6.07, 6.45) is 0. The summed E-state index contributed by atoms with van der Waals surface area (Å²) in [4.78, 5) is 2.33. The van der Waals surface area contributed by atoms with Gasteiger partial charge in [-0.25, -0.2) is 0 Å². The van der Waals surface area contributed by atoms with Crippen LogP contribution in [-0.4, -0.2) is 38.1 Å². The molecular formula is C5H12IKN2. The third kappa shape index (κ3) is 6.68. The van der Waals surface area contributed by atoms with Gasteiger partial charge in [0.15, 0.2) is 0 Å². The van der Waals surface area contributed by atoms with Crippen molar-refractivity contribution in [1.82, 2.24) is 10.2 Å². The number of likely N-dealkylation sites (N-methyl/N-ethyl adjacent to an activating group) is 1. The van der Waals surface area contributed by atoms with Gasteiger partial charge in [-0.1, -0.05) is 0 Å². The minimum atomic E-state index is 0.